The van der Waals surface area contributed by atoms with Crippen LogP contribution in [0.3, 0.4) is 0 Å². The molecule has 2 rings (SSSR count). The van der Waals surface area contributed by atoms with Crippen molar-refractivity contribution in [1.29, 1.82) is 0 Å². The lowest BCUT2D eigenvalue weighted by molar-refractivity contribution is -0.125. The largest absolute Gasteiger partial charge is 0.493 e. The molecule has 0 saturated carbocycles. The molecule has 0 aliphatic carbocycles. The minimum Gasteiger partial charge on any atom is -0.493 e. The summed E-state index contributed by atoms with van der Waals surface area (Å²) in [7, 11) is 1.48. The van der Waals surface area contributed by atoms with E-state index in [9.17, 15) is 14.7 Å². The van der Waals surface area contributed by atoms with Crippen LogP contribution in [0.4, 0.5) is 5.69 Å². The maximum Gasteiger partial charge on any atom is 0.265 e. The highest BCUT2D eigenvalue weighted by Gasteiger charge is 2.30. The van der Waals surface area contributed by atoms with Crippen molar-refractivity contribution < 1.29 is 24.2 Å². The van der Waals surface area contributed by atoms with Gasteiger partial charge < -0.3 is 19.9 Å². The zero-order chi connectivity index (χ0) is 17.0. The first-order valence-corrected chi connectivity index (χ1v) is 7.54. The smallest absolute Gasteiger partial charge is 0.265 e. The lowest BCUT2D eigenvalue weighted by Gasteiger charge is -2.30. The predicted octanol–water partition coefficient (Wildman–Crippen LogP) is 0.828. The molecule has 7 nitrogen and oxygen atoms in total. The summed E-state index contributed by atoms with van der Waals surface area (Å²) in [6, 6.07) is 3.31. The van der Waals surface area contributed by atoms with Crippen LogP contribution in [0.2, 0.25) is 0 Å². The van der Waals surface area contributed by atoms with Gasteiger partial charge in [-0.2, -0.15) is 0 Å². The number of carbonyl (C=O) groups is 2. The van der Waals surface area contributed by atoms with Crippen molar-refractivity contribution in [2.24, 2.45) is 0 Å². The van der Waals surface area contributed by atoms with Crippen molar-refractivity contribution >= 4 is 17.5 Å². The quantitative estimate of drug-likeness (QED) is 0.810. The molecule has 1 aliphatic rings. The zero-order valence-electron chi connectivity index (χ0n) is 13.6. The third-order valence-electron chi connectivity index (χ3n) is 3.75. The molecule has 1 atom stereocenters. The number of amides is 2. The summed E-state index contributed by atoms with van der Waals surface area (Å²) >= 11 is 0. The molecule has 126 valence electrons. The van der Waals surface area contributed by atoms with E-state index in [-0.39, 0.29) is 37.6 Å². The molecule has 0 saturated heterocycles. The molecular weight excluding hydrogens is 300 g/mol. The number of fused-ring (bicyclic) bond motifs is 1. The number of aliphatic hydroxyl groups excluding tert-OH is 1. The van der Waals surface area contributed by atoms with Crippen LogP contribution in [0, 0.1) is 0 Å². The Bertz CT molecular complexity index is 602. The minimum absolute atomic E-state index is 0.0384. The van der Waals surface area contributed by atoms with E-state index < -0.39 is 0 Å². The molecule has 1 aromatic rings. The minimum atomic E-state index is -0.311. The summed E-state index contributed by atoms with van der Waals surface area (Å²) in [6.07, 6.45) is 0.807. The fourth-order valence-electron chi connectivity index (χ4n) is 2.32. The van der Waals surface area contributed by atoms with Crippen molar-refractivity contribution in [2.75, 3.05) is 25.2 Å². The maximum atomic E-state index is 12.2. The summed E-state index contributed by atoms with van der Waals surface area (Å²) < 4.78 is 10.7. The molecular formula is C16H22N2O5. The van der Waals surface area contributed by atoms with E-state index in [1.54, 1.807) is 12.1 Å². The normalized spacial score (nSPS) is 14.8. The molecule has 1 aromatic carbocycles. The van der Waals surface area contributed by atoms with E-state index in [1.165, 1.54) is 12.0 Å². The van der Waals surface area contributed by atoms with Crippen molar-refractivity contribution in [3.63, 3.8) is 0 Å². The first-order chi connectivity index (χ1) is 11.0. The van der Waals surface area contributed by atoms with Crippen molar-refractivity contribution in [2.45, 2.75) is 32.9 Å². The fourth-order valence-corrected chi connectivity index (χ4v) is 2.32. The Balaban J connectivity index is 2.31. The Hall–Kier alpha value is -2.28. The number of methoxy groups -OCH3 is 1. The molecule has 23 heavy (non-hydrogen) atoms. The van der Waals surface area contributed by atoms with E-state index in [0.29, 0.717) is 22.7 Å². The summed E-state index contributed by atoms with van der Waals surface area (Å²) in [5.41, 5.74) is 1.01. The van der Waals surface area contributed by atoms with Crippen LogP contribution in [-0.4, -0.2) is 43.2 Å². The Morgan fingerprint density at radius 1 is 1.52 bits per heavy atom. The van der Waals surface area contributed by atoms with Crippen molar-refractivity contribution in [3.8, 4) is 11.5 Å². The first-order valence-electron chi connectivity index (χ1n) is 7.54. The molecule has 2 amide bonds. The van der Waals surface area contributed by atoms with E-state index in [0.717, 1.165) is 6.42 Å². The molecule has 2 N–H and O–H groups in total. The average Bonchev–Trinajstić information content (AvgIpc) is 2.56. The number of ether oxygens (including phenoxy) is 2. The van der Waals surface area contributed by atoms with Crippen LogP contribution >= 0.6 is 0 Å². The number of nitrogens with zero attached hydrogens (tertiary/aromatic N) is 1. The number of carbonyl (C=O) groups excluding carboxylic acids is 2. The third kappa shape index (κ3) is 3.73. The number of hydrogen-bond donors (Lipinski definition) is 2. The van der Waals surface area contributed by atoms with Gasteiger partial charge in [0.05, 0.1) is 19.4 Å². The van der Waals surface area contributed by atoms with Crippen LogP contribution in [0.15, 0.2) is 12.1 Å². The molecule has 0 aromatic heterocycles. The molecule has 0 fully saturated rings. The molecule has 0 radical (unpaired) electrons. The van der Waals surface area contributed by atoms with Gasteiger partial charge in [0.2, 0.25) is 5.91 Å². The molecule has 1 heterocycles. The summed E-state index contributed by atoms with van der Waals surface area (Å²) in [4.78, 5) is 25.6. The van der Waals surface area contributed by atoms with Gasteiger partial charge in [0.15, 0.2) is 18.1 Å². The molecule has 0 bridgehead atoms. The van der Waals surface area contributed by atoms with E-state index in [1.807, 2.05) is 13.8 Å². The number of anilines is 1. The van der Waals surface area contributed by atoms with E-state index in [2.05, 4.69) is 5.32 Å². The highest BCUT2D eigenvalue weighted by atomic mass is 16.5. The van der Waals surface area contributed by atoms with Crippen LogP contribution < -0.4 is 19.7 Å². The van der Waals surface area contributed by atoms with Gasteiger partial charge in [0.1, 0.15) is 6.54 Å². The Labute approximate surface area is 135 Å². The van der Waals surface area contributed by atoms with Gasteiger partial charge in [0.25, 0.3) is 5.91 Å². The van der Waals surface area contributed by atoms with Crippen LogP contribution in [0.1, 0.15) is 25.8 Å². The molecule has 7 heteroatoms. The van der Waals surface area contributed by atoms with Gasteiger partial charge >= 0.3 is 0 Å². The number of benzene rings is 1. The third-order valence-corrected chi connectivity index (χ3v) is 3.75. The lowest BCUT2D eigenvalue weighted by Crippen LogP contribution is -2.46. The van der Waals surface area contributed by atoms with Crippen molar-refractivity contribution in [3.05, 3.63) is 17.7 Å². The Morgan fingerprint density at radius 2 is 2.26 bits per heavy atom. The van der Waals surface area contributed by atoms with Crippen molar-refractivity contribution in [1.82, 2.24) is 5.32 Å². The standard InChI is InChI=1S/C16H22N2O5/c1-4-10(2)17-14(20)7-18-12-5-11(8-19)6-13(22-3)16(12)23-9-15(18)21/h5-6,10,19H,4,7-9H2,1-3H3,(H,17,20). The van der Waals surface area contributed by atoms with Crippen LogP contribution in [0.25, 0.3) is 0 Å². The first kappa shape index (κ1) is 17.1. The van der Waals surface area contributed by atoms with Gasteiger partial charge in [-0.15, -0.1) is 0 Å². The predicted molar refractivity (Wildman–Crippen MR) is 84.7 cm³/mol. The topological polar surface area (TPSA) is 88.1 Å². The molecule has 1 aliphatic heterocycles. The van der Waals surface area contributed by atoms with Gasteiger partial charge in [-0.25, -0.2) is 0 Å². The van der Waals surface area contributed by atoms with Gasteiger partial charge in [-0.3, -0.25) is 14.5 Å². The average molecular weight is 322 g/mol. The van der Waals surface area contributed by atoms with E-state index >= 15 is 0 Å². The zero-order valence-corrected chi connectivity index (χ0v) is 13.6. The molecule has 1 unspecified atom stereocenters. The van der Waals surface area contributed by atoms with Gasteiger partial charge in [-0.05, 0) is 31.0 Å². The Kier molecular flexibility index (Phi) is 5.44. The maximum absolute atomic E-state index is 12.2. The second-order valence-electron chi connectivity index (χ2n) is 5.45. The highest BCUT2D eigenvalue weighted by Crippen LogP contribution is 2.41. The van der Waals surface area contributed by atoms with Crippen LogP contribution in [0.5, 0.6) is 11.5 Å². The number of rotatable bonds is 6. The van der Waals surface area contributed by atoms with Gasteiger partial charge in [-0.1, -0.05) is 6.92 Å². The number of hydrogen-bond acceptors (Lipinski definition) is 5. The summed E-state index contributed by atoms with van der Waals surface area (Å²) in [5.74, 6) is 0.273. The van der Waals surface area contributed by atoms with Gasteiger partial charge in [0, 0.05) is 6.04 Å². The summed E-state index contributed by atoms with van der Waals surface area (Å²) in [5, 5.41) is 12.2. The Morgan fingerprint density at radius 3 is 2.87 bits per heavy atom. The second-order valence-corrected chi connectivity index (χ2v) is 5.45. The highest BCUT2D eigenvalue weighted by molar-refractivity contribution is 6.02. The van der Waals surface area contributed by atoms with E-state index in [4.69, 9.17) is 9.47 Å². The second kappa shape index (κ2) is 7.32. The number of nitrogens with one attached hydrogen (secondary N) is 1. The van der Waals surface area contributed by atoms with Crippen LogP contribution in [-0.2, 0) is 16.2 Å². The lowest BCUT2D eigenvalue weighted by atomic mass is 10.1. The monoisotopic (exact) mass is 322 g/mol. The number of aliphatic hydroxyl groups is 1. The summed E-state index contributed by atoms with van der Waals surface area (Å²) in [6.45, 7) is 3.42. The SMILES string of the molecule is CCC(C)NC(=O)CN1C(=O)COc2c(OC)cc(CO)cc21. The fraction of sp³-hybridized carbons (Fsp3) is 0.500. The molecule has 0 spiro atoms.